The Kier molecular flexibility index (Phi) is 6.73. The normalized spacial score (nSPS) is 18.4. The van der Waals surface area contributed by atoms with Gasteiger partial charge in [-0.3, -0.25) is 19.5 Å². The summed E-state index contributed by atoms with van der Waals surface area (Å²) in [6.45, 7) is 5.58. The average molecular weight is 332 g/mol. The summed E-state index contributed by atoms with van der Waals surface area (Å²) in [6, 6.07) is 3.90. The Morgan fingerprint density at radius 3 is 2.71 bits per heavy atom. The average Bonchev–Trinajstić information content (AvgIpc) is 2.55. The van der Waals surface area contributed by atoms with Crippen molar-refractivity contribution in [2.45, 2.75) is 51.7 Å². The number of likely N-dealkylation sites (N-methyl/N-ethyl adjacent to an activating group) is 1. The second-order valence-corrected chi connectivity index (χ2v) is 6.75. The molecular weight excluding hydrogens is 304 g/mol. The lowest BCUT2D eigenvalue weighted by Crippen LogP contribution is -2.51. The lowest BCUT2D eigenvalue weighted by Gasteiger charge is -2.36. The molecule has 1 saturated heterocycles. The van der Waals surface area contributed by atoms with E-state index in [1.54, 1.807) is 24.3 Å². The number of amides is 2. The number of aromatic nitrogens is 1. The number of carbonyl (C=O) groups excluding carboxylic acids is 2. The topological polar surface area (TPSA) is 65.5 Å². The molecule has 1 aliphatic rings. The summed E-state index contributed by atoms with van der Waals surface area (Å²) in [5.41, 5.74) is 1.16. The molecule has 1 aliphatic heterocycles. The van der Waals surface area contributed by atoms with E-state index in [0.29, 0.717) is 0 Å². The van der Waals surface area contributed by atoms with Crippen molar-refractivity contribution in [1.82, 2.24) is 20.1 Å². The Balaban J connectivity index is 1.98. The van der Waals surface area contributed by atoms with Crippen molar-refractivity contribution in [1.29, 1.82) is 0 Å². The number of nitrogens with zero attached hydrogens (tertiary/aromatic N) is 3. The maximum Gasteiger partial charge on any atom is 0.240 e. The number of pyridine rings is 1. The summed E-state index contributed by atoms with van der Waals surface area (Å²) in [5.74, 6) is -0.0833. The molecule has 1 N–H and O–H groups in total. The predicted molar refractivity (Wildman–Crippen MR) is 93.2 cm³/mol. The number of likely N-dealkylation sites (tertiary alicyclic amines) is 1. The van der Waals surface area contributed by atoms with Crippen molar-refractivity contribution < 1.29 is 9.59 Å². The van der Waals surface area contributed by atoms with Crippen molar-refractivity contribution in [3.05, 3.63) is 30.1 Å². The predicted octanol–water partition coefficient (Wildman–Crippen LogP) is 1.42. The van der Waals surface area contributed by atoms with Crippen LogP contribution in [0, 0.1) is 0 Å². The van der Waals surface area contributed by atoms with Gasteiger partial charge in [0.15, 0.2) is 0 Å². The molecule has 2 heterocycles. The monoisotopic (exact) mass is 332 g/mol. The van der Waals surface area contributed by atoms with Gasteiger partial charge in [0.25, 0.3) is 0 Å². The summed E-state index contributed by atoms with van der Waals surface area (Å²) in [7, 11) is 1.71. The van der Waals surface area contributed by atoms with Gasteiger partial charge < -0.3 is 10.2 Å². The van der Waals surface area contributed by atoms with Crippen LogP contribution in [0.15, 0.2) is 24.5 Å². The molecule has 1 aromatic rings. The van der Waals surface area contributed by atoms with E-state index in [-0.39, 0.29) is 30.4 Å². The third-order valence-corrected chi connectivity index (χ3v) is 4.24. The van der Waals surface area contributed by atoms with E-state index in [9.17, 15) is 9.59 Å². The van der Waals surface area contributed by atoms with Gasteiger partial charge in [0.1, 0.15) is 0 Å². The molecule has 2 rings (SSSR count). The van der Waals surface area contributed by atoms with Crippen LogP contribution in [0.1, 0.15) is 38.7 Å². The van der Waals surface area contributed by atoms with Gasteiger partial charge >= 0.3 is 0 Å². The lowest BCUT2D eigenvalue weighted by molar-refractivity contribution is -0.140. The summed E-state index contributed by atoms with van der Waals surface area (Å²) in [4.78, 5) is 32.5. The number of nitrogens with one attached hydrogen (secondary N) is 1. The highest BCUT2D eigenvalue weighted by molar-refractivity contribution is 5.87. The SMILES string of the molecule is CC(C)NC(=O)CN(C)C(=O)C1CCCCN1Cc1ccncc1. The van der Waals surface area contributed by atoms with E-state index in [2.05, 4.69) is 15.2 Å². The van der Waals surface area contributed by atoms with E-state index in [1.165, 1.54) is 0 Å². The molecule has 0 bridgehead atoms. The van der Waals surface area contributed by atoms with Crippen molar-refractivity contribution in [3.63, 3.8) is 0 Å². The summed E-state index contributed by atoms with van der Waals surface area (Å²) >= 11 is 0. The number of rotatable bonds is 6. The fourth-order valence-corrected chi connectivity index (χ4v) is 3.10. The minimum absolute atomic E-state index is 0.0302. The third kappa shape index (κ3) is 5.30. The Bertz CT molecular complexity index is 547. The van der Waals surface area contributed by atoms with Gasteiger partial charge in [0.05, 0.1) is 12.6 Å². The molecule has 1 aromatic heterocycles. The van der Waals surface area contributed by atoms with E-state index in [0.717, 1.165) is 37.9 Å². The number of carbonyl (C=O) groups is 2. The van der Waals surface area contributed by atoms with Crippen LogP contribution in [0.25, 0.3) is 0 Å². The highest BCUT2D eigenvalue weighted by Crippen LogP contribution is 2.21. The van der Waals surface area contributed by atoms with Gasteiger partial charge in [-0.1, -0.05) is 6.42 Å². The molecule has 0 spiro atoms. The van der Waals surface area contributed by atoms with Crippen molar-refractivity contribution in [3.8, 4) is 0 Å². The molecule has 0 saturated carbocycles. The molecule has 0 radical (unpaired) electrons. The zero-order valence-corrected chi connectivity index (χ0v) is 14.9. The quantitative estimate of drug-likeness (QED) is 0.856. The standard InChI is InChI=1S/C18H28N4O2/c1-14(2)20-17(23)13-21(3)18(24)16-6-4-5-11-22(16)12-15-7-9-19-10-8-15/h7-10,14,16H,4-6,11-13H2,1-3H3,(H,20,23). The molecule has 6 heteroatoms. The molecule has 6 nitrogen and oxygen atoms in total. The Morgan fingerprint density at radius 1 is 1.33 bits per heavy atom. The van der Waals surface area contributed by atoms with Crippen LogP contribution in [0.2, 0.25) is 0 Å². The lowest BCUT2D eigenvalue weighted by atomic mass is 10.00. The van der Waals surface area contributed by atoms with Gasteiger partial charge in [-0.2, -0.15) is 0 Å². The van der Waals surface area contributed by atoms with Crippen LogP contribution in [0.5, 0.6) is 0 Å². The Morgan fingerprint density at radius 2 is 2.04 bits per heavy atom. The summed E-state index contributed by atoms with van der Waals surface area (Å²) < 4.78 is 0. The van der Waals surface area contributed by atoms with E-state index in [4.69, 9.17) is 0 Å². The first-order chi connectivity index (χ1) is 11.5. The fourth-order valence-electron chi connectivity index (χ4n) is 3.10. The van der Waals surface area contributed by atoms with Gasteiger partial charge in [-0.25, -0.2) is 0 Å². The van der Waals surface area contributed by atoms with Gasteiger partial charge in [0, 0.05) is 32.0 Å². The number of hydrogen-bond donors (Lipinski definition) is 1. The minimum atomic E-state index is -0.149. The third-order valence-electron chi connectivity index (χ3n) is 4.24. The molecule has 1 fully saturated rings. The van der Waals surface area contributed by atoms with Crippen LogP contribution in [-0.2, 0) is 16.1 Å². The minimum Gasteiger partial charge on any atom is -0.352 e. The maximum atomic E-state index is 12.8. The van der Waals surface area contributed by atoms with Crippen molar-refractivity contribution >= 4 is 11.8 Å². The first-order valence-corrected chi connectivity index (χ1v) is 8.64. The van der Waals surface area contributed by atoms with Crippen LogP contribution < -0.4 is 5.32 Å². The Hall–Kier alpha value is -1.95. The van der Waals surface area contributed by atoms with Crippen LogP contribution in [-0.4, -0.2) is 58.8 Å². The molecule has 0 aliphatic carbocycles. The van der Waals surface area contributed by atoms with E-state index in [1.807, 2.05) is 26.0 Å². The smallest absolute Gasteiger partial charge is 0.240 e. The summed E-state index contributed by atoms with van der Waals surface area (Å²) in [6.07, 6.45) is 6.55. The number of piperidine rings is 1. The van der Waals surface area contributed by atoms with Crippen molar-refractivity contribution in [2.75, 3.05) is 20.1 Å². The van der Waals surface area contributed by atoms with Crippen LogP contribution >= 0.6 is 0 Å². The molecule has 132 valence electrons. The molecule has 1 atom stereocenters. The largest absolute Gasteiger partial charge is 0.352 e. The highest BCUT2D eigenvalue weighted by atomic mass is 16.2. The van der Waals surface area contributed by atoms with Crippen molar-refractivity contribution in [2.24, 2.45) is 0 Å². The van der Waals surface area contributed by atoms with Gasteiger partial charge in [-0.05, 0) is 50.9 Å². The van der Waals surface area contributed by atoms with E-state index < -0.39 is 0 Å². The highest BCUT2D eigenvalue weighted by Gasteiger charge is 2.31. The zero-order valence-electron chi connectivity index (χ0n) is 14.9. The first-order valence-electron chi connectivity index (χ1n) is 8.64. The molecule has 0 aromatic carbocycles. The van der Waals surface area contributed by atoms with Crippen LogP contribution in [0.3, 0.4) is 0 Å². The maximum absolute atomic E-state index is 12.8. The van der Waals surface area contributed by atoms with Crippen LogP contribution in [0.4, 0.5) is 0 Å². The van der Waals surface area contributed by atoms with E-state index >= 15 is 0 Å². The second kappa shape index (κ2) is 8.78. The van der Waals surface area contributed by atoms with Gasteiger partial charge in [-0.15, -0.1) is 0 Å². The fraction of sp³-hybridized carbons (Fsp3) is 0.611. The zero-order chi connectivity index (χ0) is 17.5. The first kappa shape index (κ1) is 18.4. The Labute approximate surface area is 144 Å². The second-order valence-electron chi connectivity index (χ2n) is 6.75. The molecule has 2 amide bonds. The molecule has 1 unspecified atom stereocenters. The van der Waals surface area contributed by atoms with Gasteiger partial charge in [0.2, 0.25) is 11.8 Å². The number of hydrogen-bond acceptors (Lipinski definition) is 4. The molecular formula is C18H28N4O2. The molecule has 24 heavy (non-hydrogen) atoms. The summed E-state index contributed by atoms with van der Waals surface area (Å²) in [5, 5.41) is 2.83.